The van der Waals surface area contributed by atoms with Crippen molar-refractivity contribution >= 4 is 52.4 Å². The summed E-state index contributed by atoms with van der Waals surface area (Å²) in [5.41, 5.74) is 2.45. The SMILES string of the molecule is CC(=O)Nc1cccc(Nc2ncnc(N3CCC(Oc4ccc(Cl)c(Cl)c4)CC3)n2)c1C. The Kier molecular flexibility index (Phi) is 7.15. The van der Waals surface area contributed by atoms with E-state index in [1.807, 2.05) is 31.2 Å². The van der Waals surface area contributed by atoms with Crippen LogP contribution in [0.5, 0.6) is 5.75 Å². The van der Waals surface area contributed by atoms with Crippen molar-refractivity contribution in [1.82, 2.24) is 15.0 Å². The molecule has 1 fully saturated rings. The number of nitrogens with zero attached hydrogens (tertiary/aromatic N) is 4. The average Bonchev–Trinajstić information content (AvgIpc) is 2.79. The van der Waals surface area contributed by atoms with Crippen LogP contribution in [0.4, 0.5) is 23.3 Å². The third-order valence-corrected chi connectivity index (χ3v) is 6.11. The van der Waals surface area contributed by atoms with Crippen LogP contribution >= 0.6 is 23.2 Å². The summed E-state index contributed by atoms with van der Waals surface area (Å²) in [6.45, 7) is 4.92. The van der Waals surface area contributed by atoms with Crippen molar-refractivity contribution in [3.8, 4) is 5.75 Å². The van der Waals surface area contributed by atoms with E-state index in [1.165, 1.54) is 13.3 Å². The highest BCUT2D eigenvalue weighted by molar-refractivity contribution is 6.42. The molecule has 0 unspecified atom stereocenters. The highest BCUT2D eigenvalue weighted by atomic mass is 35.5. The summed E-state index contributed by atoms with van der Waals surface area (Å²) in [5, 5.41) is 7.04. The molecular formula is C23H24Cl2N6O2. The van der Waals surface area contributed by atoms with Gasteiger partial charge in [-0.05, 0) is 36.8 Å². The van der Waals surface area contributed by atoms with Crippen molar-refractivity contribution < 1.29 is 9.53 Å². The van der Waals surface area contributed by atoms with Crippen molar-refractivity contribution in [1.29, 1.82) is 0 Å². The number of piperidine rings is 1. The van der Waals surface area contributed by atoms with Gasteiger partial charge in [-0.1, -0.05) is 29.3 Å². The second-order valence-electron chi connectivity index (χ2n) is 7.77. The topological polar surface area (TPSA) is 92.3 Å². The quantitative estimate of drug-likeness (QED) is 0.492. The van der Waals surface area contributed by atoms with Gasteiger partial charge in [0.15, 0.2) is 0 Å². The Bertz CT molecular complexity index is 1150. The zero-order valence-corrected chi connectivity index (χ0v) is 19.8. The van der Waals surface area contributed by atoms with E-state index in [0.717, 1.165) is 42.9 Å². The largest absolute Gasteiger partial charge is 0.490 e. The number of hydrogen-bond donors (Lipinski definition) is 2. The maximum atomic E-state index is 11.4. The summed E-state index contributed by atoms with van der Waals surface area (Å²) >= 11 is 12.1. The van der Waals surface area contributed by atoms with Crippen LogP contribution in [0.15, 0.2) is 42.7 Å². The van der Waals surface area contributed by atoms with Crippen LogP contribution in [0, 0.1) is 6.92 Å². The van der Waals surface area contributed by atoms with Crippen LogP contribution in [0.25, 0.3) is 0 Å². The Labute approximate surface area is 202 Å². The Hall–Kier alpha value is -3.10. The van der Waals surface area contributed by atoms with Crippen molar-refractivity contribution in [2.45, 2.75) is 32.8 Å². The number of carbonyl (C=O) groups is 1. The van der Waals surface area contributed by atoms with Gasteiger partial charge >= 0.3 is 0 Å². The fraction of sp³-hybridized carbons (Fsp3) is 0.304. The van der Waals surface area contributed by atoms with Crippen LogP contribution in [0.2, 0.25) is 10.0 Å². The second kappa shape index (κ2) is 10.2. The van der Waals surface area contributed by atoms with Gasteiger partial charge in [0.05, 0.1) is 10.0 Å². The minimum atomic E-state index is -0.121. The van der Waals surface area contributed by atoms with Crippen LogP contribution < -0.4 is 20.3 Å². The van der Waals surface area contributed by atoms with Gasteiger partial charge in [0, 0.05) is 50.3 Å². The molecule has 3 aromatic rings. The number of carbonyl (C=O) groups excluding carboxylic acids is 1. The monoisotopic (exact) mass is 486 g/mol. The molecule has 1 aromatic heterocycles. The Balaban J connectivity index is 1.39. The Morgan fingerprint density at radius 3 is 2.58 bits per heavy atom. The van der Waals surface area contributed by atoms with Gasteiger partial charge in [0.1, 0.15) is 18.2 Å². The first-order chi connectivity index (χ1) is 15.9. The molecular weight excluding hydrogens is 463 g/mol. The molecule has 172 valence electrons. The van der Waals surface area contributed by atoms with E-state index in [-0.39, 0.29) is 12.0 Å². The number of nitrogens with one attached hydrogen (secondary N) is 2. The first kappa shape index (κ1) is 23.1. The van der Waals surface area contributed by atoms with Crippen molar-refractivity contribution in [3.05, 3.63) is 58.3 Å². The van der Waals surface area contributed by atoms with Gasteiger partial charge < -0.3 is 20.3 Å². The van der Waals surface area contributed by atoms with E-state index < -0.39 is 0 Å². The van der Waals surface area contributed by atoms with Crippen LogP contribution in [-0.2, 0) is 4.79 Å². The minimum Gasteiger partial charge on any atom is -0.490 e. The molecule has 33 heavy (non-hydrogen) atoms. The van der Waals surface area contributed by atoms with Gasteiger partial charge in [-0.3, -0.25) is 4.79 Å². The number of ether oxygens (including phenoxy) is 1. The molecule has 0 saturated carbocycles. The molecule has 1 saturated heterocycles. The number of aromatic nitrogens is 3. The number of halogens is 2. The highest BCUT2D eigenvalue weighted by Gasteiger charge is 2.23. The molecule has 10 heteroatoms. The van der Waals surface area contributed by atoms with Crippen LogP contribution in [0.3, 0.4) is 0 Å². The normalized spacial score (nSPS) is 14.1. The van der Waals surface area contributed by atoms with Crippen LogP contribution in [0.1, 0.15) is 25.3 Å². The average molecular weight is 487 g/mol. The molecule has 8 nitrogen and oxygen atoms in total. The van der Waals surface area contributed by atoms with E-state index in [0.29, 0.717) is 27.7 Å². The smallest absolute Gasteiger partial charge is 0.232 e. The van der Waals surface area contributed by atoms with Gasteiger partial charge in [0.2, 0.25) is 17.8 Å². The number of amides is 1. The fourth-order valence-corrected chi connectivity index (χ4v) is 3.92. The molecule has 2 aromatic carbocycles. The van der Waals surface area contributed by atoms with E-state index in [1.54, 1.807) is 12.1 Å². The number of hydrogen-bond acceptors (Lipinski definition) is 7. The Morgan fingerprint density at radius 1 is 1.09 bits per heavy atom. The molecule has 1 aliphatic rings. The molecule has 2 heterocycles. The number of anilines is 4. The molecule has 0 aliphatic carbocycles. The molecule has 1 aliphatic heterocycles. The molecule has 2 N–H and O–H groups in total. The summed E-state index contributed by atoms with van der Waals surface area (Å²) in [5.74, 6) is 1.64. The lowest BCUT2D eigenvalue weighted by Crippen LogP contribution is -2.39. The van der Waals surface area contributed by atoms with Gasteiger partial charge in [0.25, 0.3) is 0 Å². The van der Waals surface area contributed by atoms with Gasteiger partial charge in [-0.2, -0.15) is 4.98 Å². The first-order valence-electron chi connectivity index (χ1n) is 10.6. The number of benzene rings is 2. The highest BCUT2D eigenvalue weighted by Crippen LogP contribution is 2.29. The summed E-state index contributed by atoms with van der Waals surface area (Å²) in [4.78, 5) is 26.7. The lowest BCUT2D eigenvalue weighted by Gasteiger charge is -2.32. The molecule has 0 bridgehead atoms. The fourth-order valence-electron chi connectivity index (χ4n) is 3.63. The molecule has 0 atom stereocenters. The van der Waals surface area contributed by atoms with Crippen molar-refractivity contribution in [2.75, 3.05) is 28.6 Å². The Morgan fingerprint density at radius 2 is 1.85 bits per heavy atom. The minimum absolute atomic E-state index is 0.0806. The van der Waals surface area contributed by atoms with Crippen molar-refractivity contribution in [2.24, 2.45) is 0 Å². The van der Waals surface area contributed by atoms with Crippen molar-refractivity contribution in [3.63, 3.8) is 0 Å². The van der Waals surface area contributed by atoms with E-state index >= 15 is 0 Å². The third kappa shape index (κ3) is 5.83. The van der Waals surface area contributed by atoms with Gasteiger partial charge in [-0.25, -0.2) is 9.97 Å². The summed E-state index contributed by atoms with van der Waals surface area (Å²) in [6, 6.07) is 10.9. The number of rotatable bonds is 6. The lowest BCUT2D eigenvalue weighted by atomic mass is 10.1. The molecule has 1 amide bonds. The maximum Gasteiger partial charge on any atom is 0.232 e. The standard InChI is InChI=1S/C23H24Cl2N6O2/c1-14-20(28-15(2)32)4-3-5-21(14)29-22-26-13-27-23(30-22)31-10-8-16(9-11-31)33-17-6-7-18(24)19(25)12-17/h3-7,12-13,16H,8-11H2,1-2H3,(H,28,32)(H,26,27,29,30). The van der Waals surface area contributed by atoms with E-state index in [4.69, 9.17) is 27.9 Å². The van der Waals surface area contributed by atoms with Crippen LogP contribution in [-0.4, -0.2) is 40.1 Å². The second-order valence-corrected chi connectivity index (χ2v) is 8.59. The maximum absolute atomic E-state index is 11.4. The summed E-state index contributed by atoms with van der Waals surface area (Å²) in [6.07, 6.45) is 3.23. The summed E-state index contributed by atoms with van der Waals surface area (Å²) in [7, 11) is 0. The van der Waals surface area contributed by atoms with E-state index in [2.05, 4.69) is 30.5 Å². The zero-order valence-electron chi connectivity index (χ0n) is 18.3. The molecule has 0 radical (unpaired) electrons. The zero-order chi connectivity index (χ0) is 23.4. The van der Waals surface area contributed by atoms with E-state index in [9.17, 15) is 4.79 Å². The predicted octanol–water partition coefficient (Wildman–Crippen LogP) is 5.24. The molecule has 4 rings (SSSR count). The summed E-state index contributed by atoms with van der Waals surface area (Å²) < 4.78 is 6.06. The lowest BCUT2D eigenvalue weighted by molar-refractivity contribution is -0.114. The molecule has 0 spiro atoms. The third-order valence-electron chi connectivity index (χ3n) is 5.37. The predicted molar refractivity (Wildman–Crippen MR) is 131 cm³/mol. The van der Waals surface area contributed by atoms with Gasteiger partial charge in [-0.15, -0.1) is 0 Å². The first-order valence-corrected chi connectivity index (χ1v) is 11.3.